The minimum absolute atomic E-state index is 0.116. The SMILES string of the molecule is CCC(NC(=O)O[C@H]1[Al][C]12CC[C@H](c1cc(NC(=O)Cc3ccc(C)nc3)n[nH]1)C2)C(F)(F)F. The van der Waals surface area contributed by atoms with Crippen LogP contribution in [0.2, 0.25) is 4.28 Å². The summed E-state index contributed by atoms with van der Waals surface area (Å²) in [4.78, 5) is 28.2. The summed E-state index contributed by atoms with van der Waals surface area (Å²) >= 11 is -0.179. The summed E-state index contributed by atoms with van der Waals surface area (Å²) in [6, 6.07) is 3.62. The average molecular weight is 492 g/mol. The van der Waals surface area contributed by atoms with Crippen LogP contribution in [0.15, 0.2) is 24.4 Å². The number of hydrogen-bond acceptors (Lipinski definition) is 5. The van der Waals surface area contributed by atoms with Crippen LogP contribution in [0, 0.1) is 6.92 Å². The second kappa shape index (κ2) is 9.58. The van der Waals surface area contributed by atoms with Gasteiger partial charge in [0.25, 0.3) is 15.2 Å². The highest BCUT2D eigenvalue weighted by atomic mass is 27.1. The van der Waals surface area contributed by atoms with Crippen LogP contribution < -0.4 is 10.6 Å². The summed E-state index contributed by atoms with van der Waals surface area (Å²) in [5.74, 6) is 0.415. The predicted molar refractivity (Wildman–Crippen MR) is 118 cm³/mol. The topological polar surface area (TPSA) is 109 Å². The molecule has 34 heavy (non-hydrogen) atoms. The zero-order valence-corrected chi connectivity index (χ0v) is 20.1. The summed E-state index contributed by atoms with van der Waals surface area (Å²) in [7, 11) is 0. The number of rotatable bonds is 7. The van der Waals surface area contributed by atoms with Gasteiger partial charge < -0.3 is 15.4 Å². The monoisotopic (exact) mass is 492 g/mol. The summed E-state index contributed by atoms with van der Waals surface area (Å²) in [5, 5.41) is 11.9. The fraction of sp³-hybridized carbons (Fsp3) is 0.545. The van der Waals surface area contributed by atoms with Crippen LogP contribution in [0.4, 0.5) is 23.8 Å². The Hall–Kier alpha value is -2.58. The molecule has 2 aliphatic rings. The number of anilines is 1. The van der Waals surface area contributed by atoms with E-state index in [9.17, 15) is 22.8 Å². The highest BCUT2D eigenvalue weighted by molar-refractivity contribution is 6.57. The molecule has 12 heteroatoms. The van der Waals surface area contributed by atoms with E-state index >= 15 is 0 Å². The van der Waals surface area contributed by atoms with Gasteiger partial charge in [0.2, 0.25) is 5.91 Å². The number of amides is 2. The number of nitrogens with one attached hydrogen (secondary N) is 3. The van der Waals surface area contributed by atoms with Crippen molar-refractivity contribution >= 4 is 33.0 Å². The third-order valence-electron chi connectivity index (χ3n) is 6.50. The number of alkyl halides is 3. The zero-order chi connectivity index (χ0) is 24.5. The molecular weight excluding hydrogens is 466 g/mol. The first kappa shape index (κ1) is 24.5. The molecule has 8 nitrogen and oxygen atoms in total. The smallest absolute Gasteiger partial charge is 0.408 e. The van der Waals surface area contributed by atoms with E-state index in [1.807, 2.05) is 30.4 Å². The van der Waals surface area contributed by atoms with Crippen LogP contribution >= 0.6 is 0 Å². The Balaban J connectivity index is 1.26. The highest BCUT2D eigenvalue weighted by Gasteiger charge is 2.61. The van der Waals surface area contributed by atoms with Gasteiger partial charge in [-0.05, 0) is 37.8 Å². The molecule has 2 fully saturated rings. The molecule has 1 saturated carbocycles. The molecule has 2 aromatic rings. The molecule has 2 amide bonds. The minimum Gasteiger partial charge on any atom is -0.464 e. The van der Waals surface area contributed by atoms with Crippen molar-refractivity contribution in [1.82, 2.24) is 20.5 Å². The van der Waals surface area contributed by atoms with Crippen molar-refractivity contribution in [2.75, 3.05) is 5.32 Å². The lowest BCUT2D eigenvalue weighted by Crippen LogP contribution is -2.45. The second-order valence-corrected chi connectivity index (χ2v) is 11.1. The molecule has 2 aromatic heterocycles. The van der Waals surface area contributed by atoms with Crippen molar-refractivity contribution in [3.8, 4) is 0 Å². The van der Waals surface area contributed by atoms with Gasteiger partial charge in [-0.25, -0.2) is 4.79 Å². The van der Waals surface area contributed by atoms with Gasteiger partial charge >= 0.3 is 12.3 Å². The van der Waals surface area contributed by atoms with Gasteiger partial charge in [-0.1, -0.05) is 23.7 Å². The van der Waals surface area contributed by atoms with Crippen molar-refractivity contribution in [2.24, 2.45) is 0 Å². The van der Waals surface area contributed by atoms with E-state index in [-0.39, 0.29) is 49.1 Å². The van der Waals surface area contributed by atoms with Gasteiger partial charge in [-0.3, -0.25) is 14.9 Å². The van der Waals surface area contributed by atoms with Gasteiger partial charge in [0, 0.05) is 34.5 Å². The fourth-order valence-corrected chi connectivity index (χ4v) is 6.30. The summed E-state index contributed by atoms with van der Waals surface area (Å²) < 4.78 is 43.8. The number of carbonyl (C=O) groups is 2. The molecule has 1 aliphatic carbocycles. The maximum Gasteiger partial charge on any atom is 0.408 e. The molecule has 3 heterocycles. The molecule has 1 spiro atoms. The Bertz CT molecular complexity index is 1050. The van der Waals surface area contributed by atoms with Crippen molar-refractivity contribution in [3.05, 3.63) is 41.3 Å². The summed E-state index contributed by atoms with van der Waals surface area (Å²) in [6.45, 7) is 3.24. The number of aromatic nitrogens is 3. The van der Waals surface area contributed by atoms with Crippen LogP contribution in [0.1, 0.15) is 55.5 Å². The summed E-state index contributed by atoms with van der Waals surface area (Å²) in [5.41, 5.74) is 2.58. The Morgan fingerprint density at radius 3 is 2.85 bits per heavy atom. The van der Waals surface area contributed by atoms with Crippen molar-refractivity contribution in [3.63, 3.8) is 0 Å². The van der Waals surface area contributed by atoms with E-state index in [0.717, 1.165) is 36.2 Å². The number of alkyl carbamates (subject to hydrolysis) is 1. The zero-order valence-electron chi connectivity index (χ0n) is 18.9. The van der Waals surface area contributed by atoms with Crippen LogP contribution in [0.25, 0.3) is 0 Å². The number of pyridine rings is 1. The quantitative estimate of drug-likeness (QED) is 0.509. The van der Waals surface area contributed by atoms with E-state index in [0.29, 0.717) is 5.82 Å². The molecule has 3 N–H and O–H groups in total. The maximum absolute atomic E-state index is 12.9. The largest absolute Gasteiger partial charge is 0.464 e. The van der Waals surface area contributed by atoms with Crippen molar-refractivity contribution in [1.29, 1.82) is 0 Å². The lowest BCUT2D eigenvalue weighted by atomic mass is 10.0. The minimum atomic E-state index is -4.49. The molecule has 0 bridgehead atoms. The third kappa shape index (κ3) is 5.73. The standard InChI is InChI=1S/C22H26F3N5O3.Al/c1-3-18(22(23,24)25)27-21(32)33-12-15-6-7-16(8-15)17-10-19(30-29-17)28-20(31)9-14-5-4-13(2)26-11-14;/h4-5,10-12,16,18H,3,6-9H2,1-2H3,(H,27,32)(H2,28,29,30,31);/t16-,18?;/m0./s1. The van der Waals surface area contributed by atoms with E-state index in [1.165, 1.54) is 6.92 Å². The Morgan fingerprint density at radius 2 is 2.18 bits per heavy atom. The van der Waals surface area contributed by atoms with Crippen LogP contribution in [-0.4, -0.2) is 59.6 Å². The third-order valence-corrected chi connectivity index (χ3v) is 8.71. The molecule has 4 atom stereocenters. The maximum atomic E-state index is 12.9. The number of aromatic amines is 1. The molecule has 1 aliphatic heterocycles. The molecular formula is C22H26AlF3N5O3. The second-order valence-electron chi connectivity index (χ2n) is 9.05. The molecule has 0 aromatic carbocycles. The average Bonchev–Trinajstić information content (AvgIpc) is 3.08. The molecule has 1 saturated heterocycles. The van der Waals surface area contributed by atoms with E-state index in [1.54, 1.807) is 6.20 Å². The first-order chi connectivity index (χ1) is 16.1. The molecule has 1 radical (unpaired) electrons. The number of hydrogen-bond donors (Lipinski definition) is 3. The first-order valence-corrected chi connectivity index (χ1v) is 12.5. The van der Waals surface area contributed by atoms with Crippen LogP contribution in [0.5, 0.6) is 0 Å². The molecule has 2 unspecified atom stereocenters. The Labute approximate surface area is 201 Å². The lowest BCUT2D eigenvalue weighted by Gasteiger charge is -2.21. The Kier molecular flexibility index (Phi) is 6.92. The van der Waals surface area contributed by atoms with Gasteiger partial charge in [0.05, 0.1) is 6.42 Å². The normalized spacial score (nSPS) is 24.4. The van der Waals surface area contributed by atoms with Crippen LogP contribution in [-0.2, 0) is 16.0 Å². The number of ether oxygens (including phenoxy) is 1. The van der Waals surface area contributed by atoms with Gasteiger partial charge in [0.1, 0.15) is 6.04 Å². The highest BCUT2D eigenvalue weighted by Crippen LogP contribution is 2.63. The van der Waals surface area contributed by atoms with Crippen molar-refractivity contribution in [2.45, 2.75) is 73.3 Å². The molecule has 4 rings (SSSR count). The summed E-state index contributed by atoms with van der Waals surface area (Å²) in [6.07, 6.45) is -1.39. The molecule has 181 valence electrons. The van der Waals surface area contributed by atoms with E-state index in [2.05, 4.69) is 20.5 Å². The fourth-order valence-electron chi connectivity index (χ4n) is 4.48. The van der Waals surface area contributed by atoms with Gasteiger partial charge in [-0.2, -0.15) is 18.3 Å². The number of carbonyl (C=O) groups excluding carboxylic acids is 2. The van der Waals surface area contributed by atoms with Gasteiger partial charge in [0.15, 0.2) is 5.82 Å². The van der Waals surface area contributed by atoms with E-state index in [4.69, 9.17) is 4.74 Å². The van der Waals surface area contributed by atoms with Crippen molar-refractivity contribution < 1.29 is 27.5 Å². The Morgan fingerprint density at radius 1 is 1.38 bits per heavy atom. The van der Waals surface area contributed by atoms with Gasteiger partial charge in [-0.15, -0.1) is 0 Å². The lowest BCUT2D eigenvalue weighted by molar-refractivity contribution is -0.154. The van der Waals surface area contributed by atoms with Crippen LogP contribution in [0.3, 0.4) is 0 Å². The first-order valence-electron chi connectivity index (χ1n) is 11.2. The number of aryl methyl sites for hydroxylation is 1. The van der Waals surface area contributed by atoms with E-state index < -0.39 is 18.3 Å². The number of nitrogens with zero attached hydrogens (tertiary/aromatic N) is 2. The number of H-pyrrole nitrogens is 1. The predicted octanol–water partition coefficient (Wildman–Crippen LogP) is 3.83. The number of halogens is 3.